The van der Waals surface area contributed by atoms with Gasteiger partial charge in [0.15, 0.2) is 11.5 Å². The fourth-order valence-electron chi connectivity index (χ4n) is 1.89. The van der Waals surface area contributed by atoms with Crippen LogP contribution in [0.3, 0.4) is 0 Å². The zero-order valence-electron chi connectivity index (χ0n) is 10.9. The molecule has 5 heteroatoms. The molecule has 5 nitrogen and oxygen atoms in total. The lowest BCUT2D eigenvalue weighted by Gasteiger charge is -2.23. The Morgan fingerprint density at radius 3 is 2.53 bits per heavy atom. The molecule has 1 N–H and O–H groups in total. The standard InChI is InChI=1S/C14H15N3O2/c1-3-17(12-7-5-4-6-10(12)2)13-9-15-11(8-16-13)14(18)19/h4-9H,3H2,1-2H3,(H,18,19). The van der Waals surface area contributed by atoms with Crippen molar-refractivity contribution in [2.24, 2.45) is 0 Å². The van der Waals surface area contributed by atoms with E-state index in [9.17, 15) is 4.79 Å². The molecule has 2 aromatic rings. The van der Waals surface area contributed by atoms with Crippen LogP contribution in [0.2, 0.25) is 0 Å². The Morgan fingerprint density at radius 1 is 1.26 bits per heavy atom. The third-order valence-corrected chi connectivity index (χ3v) is 2.86. The number of benzene rings is 1. The van der Waals surface area contributed by atoms with Gasteiger partial charge in [0.25, 0.3) is 0 Å². The number of nitrogens with zero attached hydrogens (tertiary/aromatic N) is 3. The van der Waals surface area contributed by atoms with Crippen LogP contribution in [0.15, 0.2) is 36.7 Å². The highest BCUT2D eigenvalue weighted by atomic mass is 16.4. The summed E-state index contributed by atoms with van der Waals surface area (Å²) in [5.74, 6) is -0.431. The van der Waals surface area contributed by atoms with Crippen LogP contribution in [0.4, 0.5) is 11.5 Å². The van der Waals surface area contributed by atoms with Crippen LogP contribution >= 0.6 is 0 Å². The van der Waals surface area contributed by atoms with Gasteiger partial charge in [0, 0.05) is 12.2 Å². The largest absolute Gasteiger partial charge is 0.476 e. The number of carboxylic acid groups (broad SMARTS) is 1. The molecule has 0 spiro atoms. The predicted molar refractivity (Wildman–Crippen MR) is 72.9 cm³/mol. The highest BCUT2D eigenvalue weighted by Crippen LogP contribution is 2.25. The Morgan fingerprint density at radius 2 is 2.00 bits per heavy atom. The Kier molecular flexibility index (Phi) is 3.75. The highest BCUT2D eigenvalue weighted by molar-refractivity contribution is 5.85. The van der Waals surface area contributed by atoms with Gasteiger partial charge in [-0.3, -0.25) is 0 Å². The van der Waals surface area contributed by atoms with Crippen molar-refractivity contribution in [2.75, 3.05) is 11.4 Å². The molecule has 19 heavy (non-hydrogen) atoms. The van der Waals surface area contributed by atoms with Crippen molar-refractivity contribution in [3.63, 3.8) is 0 Å². The molecular formula is C14H15N3O2. The number of para-hydroxylation sites is 1. The second-order valence-electron chi connectivity index (χ2n) is 4.10. The molecule has 0 bridgehead atoms. The summed E-state index contributed by atoms with van der Waals surface area (Å²) < 4.78 is 0. The molecular weight excluding hydrogens is 242 g/mol. The Bertz CT molecular complexity index is 581. The van der Waals surface area contributed by atoms with E-state index in [4.69, 9.17) is 5.11 Å². The van der Waals surface area contributed by atoms with E-state index >= 15 is 0 Å². The predicted octanol–water partition coefficient (Wildman–Crippen LogP) is 2.64. The number of aromatic nitrogens is 2. The number of anilines is 2. The van der Waals surface area contributed by atoms with Gasteiger partial charge in [0.2, 0.25) is 0 Å². The minimum absolute atomic E-state index is 0.0513. The number of rotatable bonds is 4. The Balaban J connectivity index is 2.37. The topological polar surface area (TPSA) is 66.3 Å². The van der Waals surface area contributed by atoms with Gasteiger partial charge in [-0.25, -0.2) is 14.8 Å². The Hall–Kier alpha value is -2.43. The fourth-order valence-corrected chi connectivity index (χ4v) is 1.89. The number of carbonyl (C=O) groups is 1. The molecule has 0 saturated heterocycles. The number of aryl methyl sites for hydroxylation is 1. The van der Waals surface area contributed by atoms with Crippen molar-refractivity contribution < 1.29 is 9.90 Å². The van der Waals surface area contributed by atoms with E-state index in [0.29, 0.717) is 5.82 Å². The number of aromatic carboxylic acids is 1. The smallest absolute Gasteiger partial charge is 0.356 e. The van der Waals surface area contributed by atoms with Crippen molar-refractivity contribution in [1.29, 1.82) is 0 Å². The first kappa shape index (κ1) is 13.0. The van der Waals surface area contributed by atoms with Crippen LogP contribution in [0.5, 0.6) is 0 Å². The lowest BCUT2D eigenvalue weighted by molar-refractivity contribution is 0.0690. The average Bonchev–Trinajstić information content (AvgIpc) is 2.42. The van der Waals surface area contributed by atoms with Crippen LogP contribution in [0.25, 0.3) is 0 Å². The maximum Gasteiger partial charge on any atom is 0.356 e. The number of hydrogen-bond acceptors (Lipinski definition) is 4. The SMILES string of the molecule is CCN(c1cnc(C(=O)O)cn1)c1ccccc1C. The molecule has 0 fully saturated rings. The van der Waals surface area contributed by atoms with E-state index in [-0.39, 0.29) is 5.69 Å². The fraction of sp³-hybridized carbons (Fsp3) is 0.214. The summed E-state index contributed by atoms with van der Waals surface area (Å²) >= 11 is 0. The molecule has 0 aliphatic rings. The first-order chi connectivity index (χ1) is 9.13. The highest BCUT2D eigenvalue weighted by Gasteiger charge is 2.12. The first-order valence-corrected chi connectivity index (χ1v) is 6.02. The van der Waals surface area contributed by atoms with Crippen LogP contribution in [-0.2, 0) is 0 Å². The minimum Gasteiger partial charge on any atom is -0.476 e. The average molecular weight is 257 g/mol. The van der Waals surface area contributed by atoms with Crippen molar-refractivity contribution in [2.45, 2.75) is 13.8 Å². The lowest BCUT2D eigenvalue weighted by atomic mass is 10.2. The van der Waals surface area contributed by atoms with Gasteiger partial charge in [-0.05, 0) is 25.5 Å². The minimum atomic E-state index is -1.07. The van der Waals surface area contributed by atoms with E-state index in [0.717, 1.165) is 17.8 Å². The van der Waals surface area contributed by atoms with Crippen molar-refractivity contribution >= 4 is 17.5 Å². The van der Waals surface area contributed by atoms with E-state index in [2.05, 4.69) is 9.97 Å². The second-order valence-corrected chi connectivity index (χ2v) is 4.10. The zero-order valence-corrected chi connectivity index (χ0v) is 10.9. The molecule has 98 valence electrons. The van der Waals surface area contributed by atoms with Gasteiger partial charge in [-0.2, -0.15) is 0 Å². The molecule has 0 aliphatic carbocycles. The number of carboxylic acids is 1. The number of hydrogen-bond donors (Lipinski definition) is 1. The van der Waals surface area contributed by atoms with Crippen LogP contribution < -0.4 is 4.90 Å². The molecule has 1 heterocycles. The normalized spacial score (nSPS) is 10.2. The summed E-state index contributed by atoms with van der Waals surface area (Å²) in [4.78, 5) is 20.8. The van der Waals surface area contributed by atoms with Gasteiger partial charge < -0.3 is 10.0 Å². The molecule has 1 aromatic carbocycles. The second kappa shape index (κ2) is 5.48. The van der Waals surface area contributed by atoms with Gasteiger partial charge in [0.1, 0.15) is 0 Å². The van der Waals surface area contributed by atoms with Crippen LogP contribution in [-0.4, -0.2) is 27.6 Å². The molecule has 0 amide bonds. The van der Waals surface area contributed by atoms with Crippen molar-refractivity contribution in [1.82, 2.24) is 9.97 Å². The molecule has 0 aliphatic heterocycles. The molecule has 0 atom stereocenters. The van der Waals surface area contributed by atoms with E-state index < -0.39 is 5.97 Å². The monoisotopic (exact) mass is 257 g/mol. The molecule has 0 radical (unpaired) electrons. The maximum absolute atomic E-state index is 10.8. The summed E-state index contributed by atoms with van der Waals surface area (Å²) in [6.45, 7) is 4.77. The summed E-state index contributed by atoms with van der Waals surface area (Å²) in [6.07, 6.45) is 2.76. The van der Waals surface area contributed by atoms with Crippen molar-refractivity contribution in [3.8, 4) is 0 Å². The Labute approximate surface area is 111 Å². The van der Waals surface area contributed by atoms with Crippen LogP contribution in [0.1, 0.15) is 23.0 Å². The molecule has 0 unspecified atom stereocenters. The summed E-state index contributed by atoms with van der Waals surface area (Å²) in [5.41, 5.74) is 2.13. The lowest BCUT2D eigenvalue weighted by Crippen LogP contribution is -2.19. The first-order valence-electron chi connectivity index (χ1n) is 6.02. The molecule has 0 saturated carbocycles. The quantitative estimate of drug-likeness (QED) is 0.912. The molecule has 2 rings (SSSR count). The van der Waals surface area contributed by atoms with E-state index in [1.807, 2.05) is 43.0 Å². The van der Waals surface area contributed by atoms with Gasteiger partial charge in [-0.1, -0.05) is 18.2 Å². The summed E-state index contributed by atoms with van der Waals surface area (Å²) in [7, 11) is 0. The maximum atomic E-state index is 10.8. The van der Waals surface area contributed by atoms with Crippen LogP contribution in [0, 0.1) is 6.92 Å². The third-order valence-electron chi connectivity index (χ3n) is 2.86. The van der Waals surface area contributed by atoms with E-state index in [1.54, 1.807) is 0 Å². The zero-order chi connectivity index (χ0) is 13.8. The van der Waals surface area contributed by atoms with Gasteiger partial charge >= 0.3 is 5.97 Å². The van der Waals surface area contributed by atoms with Crippen molar-refractivity contribution in [3.05, 3.63) is 47.9 Å². The summed E-state index contributed by atoms with van der Waals surface area (Å²) in [5, 5.41) is 8.82. The molecule has 1 aromatic heterocycles. The van der Waals surface area contributed by atoms with Gasteiger partial charge in [-0.15, -0.1) is 0 Å². The van der Waals surface area contributed by atoms with Gasteiger partial charge in [0.05, 0.1) is 12.4 Å². The summed E-state index contributed by atoms with van der Waals surface area (Å²) in [6, 6.07) is 7.97. The van der Waals surface area contributed by atoms with E-state index in [1.165, 1.54) is 12.4 Å². The third kappa shape index (κ3) is 2.70.